The average molecular weight is 247 g/mol. The minimum atomic E-state index is -0.852. The fourth-order valence-electron chi connectivity index (χ4n) is 1.52. The molecule has 0 aliphatic rings. The molecule has 0 aliphatic heterocycles. The van der Waals surface area contributed by atoms with Gasteiger partial charge in [0.15, 0.2) is 5.82 Å². The van der Waals surface area contributed by atoms with Gasteiger partial charge in [0.2, 0.25) is 0 Å². The Morgan fingerprint density at radius 2 is 2.33 bits per heavy atom. The van der Waals surface area contributed by atoms with Crippen molar-refractivity contribution in [3.05, 3.63) is 30.1 Å². The number of carboxylic acids is 1. The van der Waals surface area contributed by atoms with E-state index in [1.54, 1.807) is 7.11 Å². The van der Waals surface area contributed by atoms with Gasteiger partial charge in [-0.25, -0.2) is 4.98 Å². The second kappa shape index (κ2) is 5.31. The number of hydrogen-bond acceptors (Lipinski definition) is 4. The van der Waals surface area contributed by atoms with Gasteiger partial charge in [0, 0.05) is 12.0 Å². The van der Waals surface area contributed by atoms with E-state index in [4.69, 9.17) is 9.84 Å². The van der Waals surface area contributed by atoms with Gasteiger partial charge in [0.1, 0.15) is 11.6 Å². The predicted octanol–water partition coefficient (Wildman–Crippen LogP) is 1.50. The molecule has 1 aromatic heterocycles. The summed E-state index contributed by atoms with van der Waals surface area (Å²) >= 11 is 0. The third kappa shape index (κ3) is 2.85. The molecule has 2 N–H and O–H groups in total. The maximum Gasteiger partial charge on any atom is 0.303 e. The Hall–Kier alpha value is -2.37. The van der Waals surface area contributed by atoms with Crippen molar-refractivity contribution in [3.63, 3.8) is 0 Å². The van der Waals surface area contributed by atoms with Crippen LogP contribution in [0, 0.1) is 0 Å². The molecule has 18 heavy (non-hydrogen) atoms. The van der Waals surface area contributed by atoms with Crippen LogP contribution in [-0.2, 0) is 11.2 Å². The van der Waals surface area contributed by atoms with Gasteiger partial charge in [-0.05, 0) is 12.1 Å². The molecule has 0 saturated carbocycles. The lowest BCUT2D eigenvalue weighted by molar-refractivity contribution is -0.137. The van der Waals surface area contributed by atoms with Crippen molar-refractivity contribution < 1.29 is 14.6 Å². The SMILES string of the molecule is COc1cccc(-c2n[nH]c(CCC(=O)O)n2)c1. The van der Waals surface area contributed by atoms with Crippen molar-refractivity contribution >= 4 is 5.97 Å². The number of benzene rings is 1. The summed E-state index contributed by atoms with van der Waals surface area (Å²) in [6, 6.07) is 7.37. The van der Waals surface area contributed by atoms with E-state index in [-0.39, 0.29) is 6.42 Å². The molecule has 0 amide bonds. The zero-order chi connectivity index (χ0) is 13.0. The minimum Gasteiger partial charge on any atom is -0.497 e. The van der Waals surface area contributed by atoms with E-state index in [9.17, 15) is 4.79 Å². The molecule has 0 fully saturated rings. The third-order valence-electron chi connectivity index (χ3n) is 2.44. The normalized spacial score (nSPS) is 10.3. The molecule has 0 radical (unpaired) electrons. The number of nitrogens with zero attached hydrogens (tertiary/aromatic N) is 2. The Morgan fingerprint density at radius 3 is 3.06 bits per heavy atom. The summed E-state index contributed by atoms with van der Waals surface area (Å²) in [5.74, 6) is 0.975. The molecule has 1 heterocycles. The number of methoxy groups -OCH3 is 1. The van der Waals surface area contributed by atoms with Crippen molar-refractivity contribution in [2.45, 2.75) is 12.8 Å². The Morgan fingerprint density at radius 1 is 1.50 bits per heavy atom. The Balaban J connectivity index is 2.15. The second-order valence-corrected chi connectivity index (χ2v) is 3.73. The van der Waals surface area contributed by atoms with Crippen LogP contribution in [-0.4, -0.2) is 33.4 Å². The topological polar surface area (TPSA) is 88.1 Å². The lowest BCUT2D eigenvalue weighted by atomic mass is 10.2. The largest absolute Gasteiger partial charge is 0.497 e. The molecule has 6 nitrogen and oxygen atoms in total. The van der Waals surface area contributed by atoms with Gasteiger partial charge in [0.05, 0.1) is 13.5 Å². The highest BCUT2D eigenvalue weighted by molar-refractivity contribution is 5.67. The van der Waals surface area contributed by atoms with Crippen molar-refractivity contribution in [1.82, 2.24) is 15.2 Å². The van der Waals surface area contributed by atoms with Gasteiger partial charge in [-0.3, -0.25) is 9.89 Å². The van der Waals surface area contributed by atoms with Gasteiger partial charge in [0.25, 0.3) is 0 Å². The first kappa shape index (κ1) is 12.1. The smallest absolute Gasteiger partial charge is 0.303 e. The zero-order valence-electron chi connectivity index (χ0n) is 9.88. The number of aromatic amines is 1. The van der Waals surface area contributed by atoms with E-state index < -0.39 is 5.97 Å². The van der Waals surface area contributed by atoms with E-state index in [1.807, 2.05) is 24.3 Å². The lowest BCUT2D eigenvalue weighted by Crippen LogP contribution is -1.98. The van der Waals surface area contributed by atoms with E-state index in [0.717, 1.165) is 11.3 Å². The van der Waals surface area contributed by atoms with Gasteiger partial charge < -0.3 is 9.84 Å². The molecular formula is C12H13N3O3. The number of aromatic nitrogens is 3. The standard InChI is InChI=1S/C12H13N3O3/c1-18-9-4-2-3-8(7-9)12-13-10(14-15-12)5-6-11(16)17/h2-4,7H,5-6H2,1H3,(H,16,17)(H,13,14,15). The highest BCUT2D eigenvalue weighted by atomic mass is 16.5. The summed E-state index contributed by atoms with van der Waals surface area (Å²) in [4.78, 5) is 14.7. The van der Waals surface area contributed by atoms with Crippen LogP contribution in [0.4, 0.5) is 0 Å². The molecule has 0 unspecified atom stereocenters. The fourth-order valence-corrected chi connectivity index (χ4v) is 1.52. The summed E-state index contributed by atoms with van der Waals surface area (Å²) < 4.78 is 5.12. The molecule has 0 bridgehead atoms. The number of aliphatic carboxylic acids is 1. The number of aryl methyl sites for hydroxylation is 1. The molecule has 0 atom stereocenters. The predicted molar refractivity (Wildman–Crippen MR) is 64.3 cm³/mol. The van der Waals surface area contributed by atoms with E-state index >= 15 is 0 Å². The summed E-state index contributed by atoms with van der Waals surface area (Å²) in [5, 5.41) is 15.4. The first-order valence-corrected chi connectivity index (χ1v) is 5.46. The molecule has 6 heteroatoms. The molecule has 0 spiro atoms. The summed E-state index contributed by atoms with van der Waals surface area (Å²) in [7, 11) is 1.59. The van der Waals surface area contributed by atoms with Crippen molar-refractivity contribution in [2.24, 2.45) is 0 Å². The van der Waals surface area contributed by atoms with Crippen LogP contribution in [0.2, 0.25) is 0 Å². The maximum absolute atomic E-state index is 10.5. The summed E-state index contributed by atoms with van der Waals surface area (Å²) in [5.41, 5.74) is 0.826. The Bertz CT molecular complexity index is 551. The number of H-pyrrole nitrogens is 1. The second-order valence-electron chi connectivity index (χ2n) is 3.73. The molecule has 1 aromatic carbocycles. The fraction of sp³-hybridized carbons (Fsp3) is 0.250. The Kier molecular flexibility index (Phi) is 3.57. The van der Waals surface area contributed by atoms with Crippen LogP contribution in [0.5, 0.6) is 5.75 Å². The number of rotatable bonds is 5. The third-order valence-corrected chi connectivity index (χ3v) is 2.44. The van der Waals surface area contributed by atoms with Crippen LogP contribution >= 0.6 is 0 Å². The minimum absolute atomic E-state index is 0.0345. The quantitative estimate of drug-likeness (QED) is 0.835. The van der Waals surface area contributed by atoms with E-state index in [2.05, 4.69) is 15.2 Å². The zero-order valence-corrected chi connectivity index (χ0v) is 9.88. The first-order chi connectivity index (χ1) is 8.69. The van der Waals surface area contributed by atoms with Crippen LogP contribution in [0.15, 0.2) is 24.3 Å². The maximum atomic E-state index is 10.5. The average Bonchev–Trinajstić information content (AvgIpc) is 2.85. The van der Waals surface area contributed by atoms with Crippen molar-refractivity contribution in [2.75, 3.05) is 7.11 Å². The van der Waals surface area contributed by atoms with E-state index in [1.165, 1.54) is 0 Å². The molecular weight excluding hydrogens is 234 g/mol. The number of carbonyl (C=O) groups is 1. The highest BCUT2D eigenvalue weighted by Crippen LogP contribution is 2.20. The number of ether oxygens (including phenoxy) is 1. The van der Waals surface area contributed by atoms with Gasteiger partial charge >= 0.3 is 5.97 Å². The number of nitrogens with one attached hydrogen (secondary N) is 1. The number of carboxylic acid groups (broad SMARTS) is 1. The van der Waals surface area contributed by atoms with Crippen LogP contribution in [0.25, 0.3) is 11.4 Å². The lowest BCUT2D eigenvalue weighted by Gasteiger charge is -2.00. The monoisotopic (exact) mass is 247 g/mol. The van der Waals surface area contributed by atoms with Gasteiger partial charge in [-0.2, -0.15) is 5.10 Å². The van der Waals surface area contributed by atoms with Crippen LogP contribution < -0.4 is 4.74 Å². The molecule has 2 rings (SSSR count). The number of hydrogen-bond donors (Lipinski definition) is 2. The Labute approximate surface area is 104 Å². The summed E-state index contributed by atoms with van der Waals surface area (Å²) in [6.45, 7) is 0. The van der Waals surface area contributed by atoms with Gasteiger partial charge in [-0.15, -0.1) is 0 Å². The van der Waals surface area contributed by atoms with Gasteiger partial charge in [-0.1, -0.05) is 12.1 Å². The molecule has 94 valence electrons. The molecule has 2 aromatic rings. The van der Waals surface area contributed by atoms with E-state index in [0.29, 0.717) is 18.1 Å². The first-order valence-electron chi connectivity index (χ1n) is 5.46. The molecule has 0 saturated heterocycles. The highest BCUT2D eigenvalue weighted by Gasteiger charge is 2.08. The van der Waals surface area contributed by atoms with Crippen molar-refractivity contribution in [3.8, 4) is 17.1 Å². The summed E-state index contributed by atoms with van der Waals surface area (Å²) in [6.07, 6.45) is 0.374. The van der Waals surface area contributed by atoms with Crippen LogP contribution in [0.1, 0.15) is 12.2 Å². The van der Waals surface area contributed by atoms with Crippen molar-refractivity contribution in [1.29, 1.82) is 0 Å². The molecule has 0 aliphatic carbocycles. The van der Waals surface area contributed by atoms with Crippen LogP contribution in [0.3, 0.4) is 0 Å².